The van der Waals surface area contributed by atoms with Gasteiger partial charge in [0.15, 0.2) is 0 Å². The molecule has 0 aliphatic rings. The lowest BCUT2D eigenvalue weighted by atomic mass is 10.1. The van der Waals surface area contributed by atoms with Gasteiger partial charge >= 0.3 is 5.97 Å². The van der Waals surface area contributed by atoms with E-state index in [2.05, 4.69) is 37.1 Å². The summed E-state index contributed by atoms with van der Waals surface area (Å²) < 4.78 is 5.09. The van der Waals surface area contributed by atoms with Crippen LogP contribution >= 0.6 is 11.3 Å². The van der Waals surface area contributed by atoms with Gasteiger partial charge in [0.25, 0.3) is 0 Å². The van der Waals surface area contributed by atoms with E-state index in [0.717, 1.165) is 13.1 Å². The van der Waals surface area contributed by atoms with E-state index in [0.29, 0.717) is 13.0 Å². The quantitative estimate of drug-likeness (QED) is 0.711. The maximum absolute atomic E-state index is 11.8. The van der Waals surface area contributed by atoms with Crippen molar-refractivity contribution >= 4 is 17.3 Å². The molecular formula is C14H23NO2S. The Morgan fingerprint density at radius 2 is 2.06 bits per heavy atom. The van der Waals surface area contributed by atoms with Crippen molar-refractivity contribution in [1.82, 2.24) is 4.90 Å². The SMILES string of the molecule is CCOC(=O)CC(c1sccc1C)N(CC)CC. The van der Waals surface area contributed by atoms with Gasteiger partial charge in [0.2, 0.25) is 0 Å². The average Bonchev–Trinajstić information content (AvgIpc) is 2.76. The van der Waals surface area contributed by atoms with E-state index in [-0.39, 0.29) is 12.0 Å². The summed E-state index contributed by atoms with van der Waals surface area (Å²) in [4.78, 5) is 15.4. The third kappa shape index (κ3) is 3.82. The van der Waals surface area contributed by atoms with Crippen molar-refractivity contribution in [3.63, 3.8) is 0 Å². The molecule has 0 aliphatic carbocycles. The maximum atomic E-state index is 11.8. The molecule has 1 heterocycles. The van der Waals surface area contributed by atoms with E-state index in [9.17, 15) is 4.79 Å². The highest BCUT2D eigenvalue weighted by atomic mass is 32.1. The third-order valence-corrected chi connectivity index (χ3v) is 4.24. The Bertz CT molecular complexity index is 372. The fourth-order valence-electron chi connectivity index (χ4n) is 2.16. The van der Waals surface area contributed by atoms with Crippen molar-refractivity contribution in [3.05, 3.63) is 21.9 Å². The van der Waals surface area contributed by atoms with E-state index >= 15 is 0 Å². The molecule has 4 heteroatoms. The van der Waals surface area contributed by atoms with E-state index in [1.54, 1.807) is 11.3 Å². The summed E-state index contributed by atoms with van der Waals surface area (Å²) in [6, 6.07) is 2.26. The zero-order valence-corrected chi connectivity index (χ0v) is 12.5. The van der Waals surface area contributed by atoms with Crippen LogP contribution in [0, 0.1) is 6.92 Å². The summed E-state index contributed by atoms with van der Waals surface area (Å²) in [6.07, 6.45) is 0.441. The molecule has 0 fully saturated rings. The second kappa shape index (κ2) is 7.54. The lowest BCUT2D eigenvalue weighted by Gasteiger charge is -2.28. The van der Waals surface area contributed by atoms with Gasteiger partial charge < -0.3 is 4.74 Å². The molecule has 0 bridgehead atoms. The molecule has 3 nitrogen and oxygen atoms in total. The fraction of sp³-hybridized carbons (Fsp3) is 0.643. The summed E-state index contributed by atoms with van der Waals surface area (Å²) in [5.74, 6) is -0.109. The van der Waals surface area contributed by atoms with Gasteiger partial charge in [-0.15, -0.1) is 11.3 Å². The van der Waals surface area contributed by atoms with Crippen LogP contribution in [0.15, 0.2) is 11.4 Å². The van der Waals surface area contributed by atoms with Gasteiger partial charge in [-0.25, -0.2) is 0 Å². The first-order valence-electron chi connectivity index (χ1n) is 6.57. The Kier molecular flexibility index (Phi) is 6.36. The van der Waals surface area contributed by atoms with E-state index in [1.807, 2.05) is 6.92 Å². The molecule has 0 radical (unpaired) electrons. The monoisotopic (exact) mass is 269 g/mol. The van der Waals surface area contributed by atoms with Gasteiger partial charge in [-0.3, -0.25) is 9.69 Å². The number of ether oxygens (including phenoxy) is 1. The standard InChI is InChI=1S/C14H23NO2S/c1-5-15(6-2)12(10-13(16)17-7-3)14-11(4)8-9-18-14/h8-9,12H,5-7,10H2,1-4H3. The molecule has 0 aliphatic heterocycles. The number of thiophene rings is 1. The highest BCUT2D eigenvalue weighted by Gasteiger charge is 2.24. The van der Waals surface area contributed by atoms with Crippen molar-refractivity contribution < 1.29 is 9.53 Å². The zero-order chi connectivity index (χ0) is 13.5. The maximum Gasteiger partial charge on any atom is 0.307 e. The molecule has 0 spiro atoms. The number of esters is 1. The van der Waals surface area contributed by atoms with Gasteiger partial charge in [-0.05, 0) is 43.9 Å². The Hall–Kier alpha value is -0.870. The molecule has 0 saturated heterocycles. The summed E-state index contributed by atoms with van der Waals surface area (Å²) >= 11 is 1.73. The molecule has 1 atom stereocenters. The van der Waals surface area contributed by atoms with Crippen LogP contribution in [0.25, 0.3) is 0 Å². The second-order valence-electron chi connectivity index (χ2n) is 4.21. The first-order valence-corrected chi connectivity index (χ1v) is 7.45. The molecule has 18 heavy (non-hydrogen) atoms. The number of hydrogen-bond acceptors (Lipinski definition) is 4. The van der Waals surface area contributed by atoms with Crippen LogP contribution < -0.4 is 0 Å². The molecule has 0 aromatic carbocycles. The highest BCUT2D eigenvalue weighted by Crippen LogP contribution is 2.31. The van der Waals surface area contributed by atoms with E-state index < -0.39 is 0 Å². The zero-order valence-electron chi connectivity index (χ0n) is 11.7. The van der Waals surface area contributed by atoms with E-state index in [1.165, 1.54) is 10.4 Å². The smallest absolute Gasteiger partial charge is 0.307 e. The predicted molar refractivity (Wildman–Crippen MR) is 76.0 cm³/mol. The Morgan fingerprint density at radius 3 is 2.50 bits per heavy atom. The summed E-state index contributed by atoms with van der Waals surface area (Å²) in [5, 5.41) is 2.09. The van der Waals surface area contributed by atoms with Crippen LogP contribution in [-0.2, 0) is 9.53 Å². The fourth-order valence-corrected chi connectivity index (χ4v) is 3.22. The van der Waals surface area contributed by atoms with Gasteiger partial charge in [0, 0.05) is 4.88 Å². The van der Waals surface area contributed by atoms with Gasteiger partial charge in [-0.2, -0.15) is 0 Å². The Balaban J connectivity index is 2.88. The van der Waals surface area contributed by atoms with Crippen molar-refractivity contribution in [2.24, 2.45) is 0 Å². The number of hydrogen-bond donors (Lipinski definition) is 0. The third-order valence-electron chi connectivity index (χ3n) is 3.12. The van der Waals surface area contributed by atoms with Gasteiger partial charge in [0.1, 0.15) is 0 Å². The highest BCUT2D eigenvalue weighted by molar-refractivity contribution is 7.10. The van der Waals surface area contributed by atoms with Gasteiger partial charge in [0.05, 0.1) is 19.1 Å². The number of rotatable bonds is 7. The lowest BCUT2D eigenvalue weighted by Crippen LogP contribution is -2.30. The lowest BCUT2D eigenvalue weighted by molar-refractivity contribution is -0.144. The van der Waals surface area contributed by atoms with Crippen molar-refractivity contribution in [2.75, 3.05) is 19.7 Å². The summed E-state index contributed by atoms with van der Waals surface area (Å²) in [5.41, 5.74) is 1.26. The van der Waals surface area contributed by atoms with Crippen molar-refractivity contribution in [3.8, 4) is 0 Å². The molecule has 0 N–H and O–H groups in total. The molecule has 1 unspecified atom stereocenters. The predicted octanol–water partition coefficient (Wildman–Crippen LogP) is 3.39. The van der Waals surface area contributed by atoms with Crippen molar-refractivity contribution in [1.29, 1.82) is 0 Å². The molecular weight excluding hydrogens is 246 g/mol. The van der Waals surface area contributed by atoms with Crippen LogP contribution in [0.3, 0.4) is 0 Å². The number of carbonyl (C=O) groups excluding carboxylic acids is 1. The molecule has 1 aromatic rings. The van der Waals surface area contributed by atoms with Crippen molar-refractivity contribution in [2.45, 2.75) is 40.2 Å². The second-order valence-corrected chi connectivity index (χ2v) is 5.16. The largest absolute Gasteiger partial charge is 0.466 e. The van der Waals surface area contributed by atoms with Crippen LogP contribution in [-0.4, -0.2) is 30.6 Å². The van der Waals surface area contributed by atoms with Gasteiger partial charge in [-0.1, -0.05) is 13.8 Å². The van der Waals surface area contributed by atoms with Crippen LogP contribution in [0.2, 0.25) is 0 Å². The number of nitrogens with zero attached hydrogens (tertiary/aromatic N) is 1. The molecule has 0 amide bonds. The Labute approximate surface area is 114 Å². The number of aryl methyl sites for hydroxylation is 1. The molecule has 0 saturated carbocycles. The number of carbonyl (C=O) groups is 1. The first-order chi connectivity index (χ1) is 8.63. The topological polar surface area (TPSA) is 29.5 Å². The molecule has 102 valence electrons. The average molecular weight is 269 g/mol. The minimum Gasteiger partial charge on any atom is -0.466 e. The summed E-state index contributed by atoms with van der Waals surface area (Å²) in [6.45, 7) is 10.5. The summed E-state index contributed by atoms with van der Waals surface area (Å²) in [7, 11) is 0. The first kappa shape index (κ1) is 15.2. The minimum atomic E-state index is -0.109. The van der Waals surface area contributed by atoms with Crippen LogP contribution in [0.1, 0.15) is 43.7 Å². The molecule has 1 aromatic heterocycles. The normalized spacial score (nSPS) is 12.7. The molecule has 1 rings (SSSR count). The minimum absolute atomic E-state index is 0.109. The van der Waals surface area contributed by atoms with Crippen LogP contribution in [0.5, 0.6) is 0 Å². The van der Waals surface area contributed by atoms with Crippen LogP contribution in [0.4, 0.5) is 0 Å². The van der Waals surface area contributed by atoms with E-state index in [4.69, 9.17) is 4.74 Å². The Morgan fingerprint density at radius 1 is 1.39 bits per heavy atom.